The molecule has 7 nitrogen and oxygen atoms in total. The SMILES string of the molecule is COc1cc(C)c(S(=O)(=O)NC(C)(C)CNC2N=CC=C(C)O2)c(C)c1. The summed E-state index contributed by atoms with van der Waals surface area (Å²) < 4.78 is 39.4. The lowest BCUT2D eigenvalue weighted by Gasteiger charge is -2.29. The number of rotatable bonds is 7. The summed E-state index contributed by atoms with van der Waals surface area (Å²) >= 11 is 0. The molecule has 26 heavy (non-hydrogen) atoms. The average molecular weight is 381 g/mol. The van der Waals surface area contributed by atoms with E-state index >= 15 is 0 Å². The summed E-state index contributed by atoms with van der Waals surface area (Å²) in [5, 5.41) is 3.11. The first-order valence-electron chi connectivity index (χ1n) is 8.33. The molecule has 0 amide bonds. The smallest absolute Gasteiger partial charge is 0.246 e. The van der Waals surface area contributed by atoms with Gasteiger partial charge in [0, 0.05) is 18.3 Å². The van der Waals surface area contributed by atoms with Crippen molar-refractivity contribution in [2.45, 2.75) is 51.4 Å². The molecule has 1 aromatic carbocycles. The molecule has 0 bridgehead atoms. The Balaban J connectivity index is 2.12. The van der Waals surface area contributed by atoms with Crippen molar-refractivity contribution in [1.29, 1.82) is 0 Å². The van der Waals surface area contributed by atoms with Crippen LogP contribution in [0.5, 0.6) is 5.75 Å². The number of allylic oxidation sites excluding steroid dienone is 2. The summed E-state index contributed by atoms with van der Waals surface area (Å²) in [5.41, 5.74) is 0.532. The minimum atomic E-state index is -3.70. The van der Waals surface area contributed by atoms with Crippen LogP contribution in [-0.4, -0.2) is 40.2 Å². The van der Waals surface area contributed by atoms with E-state index in [1.165, 1.54) is 0 Å². The number of aryl methyl sites for hydroxylation is 2. The number of sulfonamides is 1. The van der Waals surface area contributed by atoms with E-state index in [4.69, 9.17) is 9.47 Å². The predicted molar refractivity (Wildman–Crippen MR) is 102 cm³/mol. The first-order valence-corrected chi connectivity index (χ1v) is 9.82. The lowest BCUT2D eigenvalue weighted by molar-refractivity contribution is 0.0869. The van der Waals surface area contributed by atoms with E-state index < -0.39 is 21.9 Å². The number of hydrogen-bond donors (Lipinski definition) is 2. The molecule has 0 aromatic heterocycles. The van der Waals surface area contributed by atoms with E-state index in [2.05, 4.69) is 15.0 Å². The Kier molecular flexibility index (Phi) is 6.10. The fraction of sp³-hybridized carbons (Fsp3) is 0.500. The number of methoxy groups -OCH3 is 1. The van der Waals surface area contributed by atoms with Gasteiger partial charge in [0.15, 0.2) is 0 Å². The van der Waals surface area contributed by atoms with Gasteiger partial charge in [-0.25, -0.2) is 18.1 Å². The molecule has 1 atom stereocenters. The minimum absolute atomic E-state index is 0.275. The van der Waals surface area contributed by atoms with E-state index in [-0.39, 0.29) is 4.90 Å². The fourth-order valence-corrected chi connectivity index (χ4v) is 4.68. The topological polar surface area (TPSA) is 89.0 Å². The van der Waals surface area contributed by atoms with Crippen molar-refractivity contribution in [3.63, 3.8) is 0 Å². The van der Waals surface area contributed by atoms with Crippen molar-refractivity contribution in [2.24, 2.45) is 4.99 Å². The number of aliphatic imine (C=N–C) groups is 1. The molecule has 0 saturated heterocycles. The Bertz CT molecular complexity index is 806. The molecule has 1 aromatic rings. The summed E-state index contributed by atoms with van der Waals surface area (Å²) in [6.45, 7) is 9.31. The molecule has 2 N–H and O–H groups in total. The second kappa shape index (κ2) is 7.77. The molecule has 0 radical (unpaired) electrons. The minimum Gasteiger partial charge on any atom is -0.497 e. The van der Waals surface area contributed by atoms with Crippen molar-refractivity contribution in [2.75, 3.05) is 13.7 Å². The predicted octanol–water partition coefficient (Wildman–Crippen LogP) is 2.25. The summed E-state index contributed by atoms with van der Waals surface area (Å²) in [6.07, 6.45) is 2.91. The van der Waals surface area contributed by atoms with Crippen molar-refractivity contribution < 1.29 is 17.9 Å². The monoisotopic (exact) mass is 381 g/mol. The second-order valence-corrected chi connectivity index (χ2v) is 8.63. The number of nitrogens with zero attached hydrogens (tertiary/aromatic N) is 1. The lowest BCUT2D eigenvalue weighted by atomic mass is 10.1. The maximum absolute atomic E-state index is 12.9. The Morgan fingerprint density at radius 2 is 1.85 bits per heavy atom. The van der Waals surface area contributed by atoms with E-state index in [1.54, 1.807) is 59.2 Å². The molecule has 2 rings (SSSR count). The molecule has 8 heteroatoms. The third kappa shape index (κ3) is 5.06. The van der Waals surface area contributed by atoms with E-state index in [0.717, 1.165) is 5.76 Å². The molecular formula is C18H27N3O4S. The average Bonchev–Trinajstić information content (AvgIpc) is 2.51. The first kappa shape index (κ1) is 20.4. The molecule has 1 aliphatic rings. The van der Waals surface area contributed by atoms with Crippen LogP contribution in [0.15, 0.2) is 33.9 Å². The van der Waals surface area contributed by atoms with Crippen molar-refractivity contribution in [1.82, 2.24) is 10.0 Å². The van der Waals surface area contributed by atoms with Gasteiger partial charge in [-0.15, -0.1) is 0 Å². The van der Waals surface area contributed by atoms with Gasteiger partial charge in [0.2, 0.25) is 16.4 Å². The van der Waals surface area contributed by atoms with Crippen LogP contribution in [0.4, 0.5) is 0 Å². The summed E-state index contributed by atoms with van der Waals surface area (Å²) in [5.74, 6) is 1.39. The normalized spacial score (nSPS) is 17.6. The number of hydrogen-bond acceptors (Lipinski definition) is 6. The van der Waals surface area contributed by atoms with Gasteiger partial charge in [-0.2, -0.15) is 0 Å². The summed E-state index contributed by atoms with van der Waals surface area (Å²) in [7, 11) is -2.15. The zero-order chi connectivity index (χ0) is 19.5. The van der Waals surface area contributed by atoms with Crippen LogP contribution in [0.2, 0.25) is 0 Å². The van der Waals surface area contributed by atoms with Crippen LogP contribution in [0.25, 0.3) is 0 Å². The van der Waals surface area contributed by atoms with E-state index in [9.17, 15) is 8.42 Å². The van der Waals surface area contributed by atoms with E-state index in [1.807, 2.05) is 6.92 Å². The molecule has 1 heterocycles. The maximum atomic E-state index is 12.9. The van der Waals surface area contributed by atoms with Crippen LogP contribution in [-0.2, 0) is 14.8 Å². The van der Waals surface area contributed by atoms with Gasteiger partial charge in [-0.3, -0.25) is 5.32 Å². The van der Waals surface area contributed by atoms with E-state index in [0.29, 0.717) is 23.4 Å². The van der Waals surface area contributed by atoms with Crippen molar-refractivity contribution in [3.05, 3.63) is 35.1 Å². The Hall–Kier alpha value is -1.90. The Morgan fingerprint density at radius 1 is 1.23 bits per heavy atom. The second-order valence-electron chi connectivity index (χ2n) is 7.01. The molecule has 1 aliphatic heterocycles. The summed E-state index contributed by atoms with van der Waals surface area (Å²) in [6, 6.07) is 3.43. The van der Waals surface area contributed by atoms with Crippen LogP contribution in [0.3, 0.4) is 0 Å². The van der Waals surface area contributed by atoms with Gasteiger partial charge < -0.3 is 9.47 Å². The highest BCUT2D eigenvalue weighted by Crippen LogP contribution is 2.26. The molecule has 0 spiro atoms. The van der Waals surface area contributed by atoms with Crippen molar-refractivity contribution in [3.8, 4) is 5.75 Å². The highest BCUT2D eigenvalue weighted by atomic mass is 32.2. The van der Waals surface area contributed by atoms with Crippen LogP contribution in [0, 0.1) is 13.8 Å². The molecule has 0 aliphatic carbocycles. The summed E-state index contributed by atoms with van der Waals surface area (Å²) in [4.78, 5) is 4.43. The molecule has 0 saturated carbocycles. The van der Waals surface area contributed by atoms with Crippen LogP contribution < -0.4 is 14.8 Å². The largest absolute Gasteiger partial charge is 0.497 e. The van der Waals surface area contributed by atoms with Gasteiger partial charge >= 0.3 is 0 Å². The zero-order valence-electron chi connectivity index (χ0n) is 16.1. The lowest BCUT2D eigenvalue weighted by Crippen LogP contribution is -2.52. The van der Waals surface area contributed by atoms with Gasteiger partial charge in [-0.05, 0) is 64.0 Å². The third-order valence-electron chi connectivity index (χ3n) is 3.90. The van der Waals surface area contributed by atoms with Gasteiger partial charge in [0.1, 0.15) is 5.75 Å². The number of benzene rings is 1. The number of nitrogens with one attached hydrogen (secondary N) is 2. The van der Waals surface area contributed by atoms with Gasteiger partial charge in [0.05, 0.1) is 17.8 Å². The van der Waals surface area contributed by atoms with Gasteiger partial charge in [0.25, 0.3) is 0 Å². The molecular weight excluding hydrogens is 354 g/mol. The maximum Gasteiger partial charge on any atom is 0.246 e. The standard InChI is InChI=1S/C18H27N3O4S/c1-12-9-15(24-6)10-13(2)16(12)26(22,23)21-18(4,5)11-20-17-19-8-7-14(3)25-17/h7-10,17,20-21H,11H2,1-6H3. The quantitative estimate of drug-likeness (QED) is 0.756. The highest BCUT2D eigenvalue weighted by Gasteiger charge is 2.29. The fourth-order valence-electron chi connectivity index (χ4n) is 2.81. The third-order valence-corrected chi connectivity index (χ3v) is 5.90. The molecule has 0 fully saturated rings. The first-order chi connectivity index (χ1) is 12.0. The molecule has 1 unspecified atom stereocenters. The van der Waals surface area contributed by atoms with Crippen LogP contribution in [0.1, 0.15) is 31.9 Å². The van der Waals surface area contributed by atoms with Crippen LogP contribution >= 0.6 is 0 Å². The molecule has 144 valence electrons. The van der Waals surface area contributed by atoms with Crippen molar-refractivity contribution >= 4 is 16.2 Å². The van der Waals surface area contributed by atoms with Gasteiger partial charge in [-0.1, -0.05) is 0 Å². The zero-order valence-corrected chi connectivity index (χ0v) is 16.9. The Morgan fingerprint density at radius 3 is 2.38 bits per heavy atom. The Labute approximate surface area is 155 Å². The number of ether oxygens (including phenoxy) is 2. The highest BCUT2D eigenvalue weighted by molar-refractivity contribution is 7.89.